The van der Waals surface area contributed by atoms with Gasteiger partial charge in [-0.3, -0.25) is 0 Å². The number of hydrogen-bond donors (Lipinski definition) is 0. The van der Waals surface area contributed by atoms with Crippen LogP contribution in [0.25, 0.3) is 22.3 Å². The number of ether oxygens (including phenoxy) is 2. The van der Waals surface area contributed by atoms with Gasteiger partial charge in [-0.25, -0.2) is 0 Å². The zero-order valence-electron chi connectivity index (χ0n) is 24.0. The van der Waals surface area contributed by atoms with Crippen LogP contribution in [0.5, 0.6) is 11.5 Å². The minimum absolute atomic E-state index is 0.00779. The van der Waals surface area contributed by atoms with Crippen molar-refractivity contribution >= 4 is 50.0 Å². The minimum atomic E-state index is -6.27. The molecule has 0 aliphatic heterocycles. The quantitative estimate of drug-likeness (QED) is 0.0894. The van der Waals surface area contributed by atoms with Gasteiger partial charge < -0.3 is 0 Å². The fraction of sp³-hybridized carbons (Fsp3) is 0.235. The molecule has 0 amide bonds. The van der Waals surface area contributed by atoms with E-state index in [0.29, 0.717) is 11.3 Å². The van der Waals surface area contributed by atoms with Crippen molar-refractivity contribution in [1.29, 1.82) is 0 Å². The number of alkyl halides is 2. The van der Waals surface area contributed by atoms with E-state index in [1.807, 2.05) is 48.5 Å². The first-order valence-corrected chi connectivity index (χ1v) is 18.0. The Labute approximate surface area is 270 Å². The molecule has 1 saturated carbocycles. The standard InChI is InChI=1S/C34H30F2O7STe/c35-34(36,44(39,40)41)33(38)43-32-19-17-27(21-29(32)24-12-6-2-7-13-24)45-26-16-18-31(28(20-26)23-10-4-1-5-11-23)42-22-30(37)25-14-8-3-9-15-25/h1-2,4-7,10-13,16-21,25H,3,8-9,14-15,22H2,(H,39,40,41)/p-1. The maximum absolute atomic E-state index is 13.9. The average molecular weight is 747 g/mol. The zero-order valence-corrected chi connectivity index (χ0v) is 27.1. The Balaban J connectivity index is 1.43. The Morgan fingerprint density at radius 1 is 0.778 bits per heavy atom. The summed E-state index contributed by atoms with van der Waals surface area (Å²) in [5.41, 5.74) is 2.59. The third-order valence-corrected chi connectivity index (χ3v) is 11.1. The molecule has 0 N–H and O–H groups in total. The summed E-state index contributed by atoms with van der Waals surface area (Å²) in [5, 5.41) is -5.24. The van der Waals surface area contributed by atoms with Gasteiger partial charge in [0.2, 0.25) is 0 Å². The first kappa shape index (κ1) is 32.8. The number of carbonyl (C=O) groups is 2. The summed E-state index contributed by atoms with van der Waals surface area (Å²) in [6.07, 6.45) is 5.10. The second-order valence-electron chi connectivity index (χ2n) is 10.6. The molecule has 0 bridgehead atoms. The van der Waals surface area contributed by atoms with E-state index < -0.39 is 42.3 Å². The number of esters is 1. The molecule has 0 saturated heterocycles. The molecule has 4 aromatic rings. The van der Waals surface area contributed by atoms with Crippen molar-refractivity contribution in [2.45, 2.75) is 37.4 Å². The molecule has 0 spiro atoms. The number of halogens is 2. The summed E-state index contributed by atoms with van der Waals surface area (Å²) < 4.78 is 73.5. The Morgan fingerprint density at radius 2 is 1.29 bits per heavy atom. The van der Waals surface area contributed by atoms with Gasteiger partial charge in [0.15, 0.2) is 0 Å². The molecule has 234 valence electrons. The summed E-state index contributed by atoms with van der Waals surface area (Å²) in [6, 6.07) is 28.7. The number of rotatable bonds is 11. The van der Waals surface area contributed by atoms with Crippen LogP contribution in [-0.4, -0.2) is 57.5 Å². The van der Waals surface area contributed by atoms with E-state index in [1.165, 1.54) is 6.07 Å². The molecular weight excluding hydrogens is 718 g/mol. The van der Waals surface area contributed by atoms with Gasteiger partial charge in [-0.1, -0.05) is 0 Å². The Kier molecular flexibility index (Phi) is 10.3. The van der Waals surface area contributed by atoms with E-state index in [2.05, 4.69) is 0 Å². The Hall–Kier alpha value is -3.62. The van der Waals surface area contributed by atoms with Crippen LogP contribution in [0.15, 0.2) is 97.1 Å². The molecule has 0 radical (unpaired) electrons. The maximum atomic E-state index is 13.9. The Morgan fingerprint density at radius 3 is 1.82 bits per heavy atom. The average Bonchev–Trinajstić information content (AvgIpc) is 3.05. The van der Waals surface area contributed by atoms with E-state index in [9.17, 15) is 31.3 Å². The molecule has 45 heavy (non-hydrogen) atoms. The van der Waals surface area contributed by atoms with Crippen LogP contribution in [0.1, 0.15) is 32.1 Å². The van der Waals surface area contributed by atoms with Gasteiger partial charge in [0.05, 0.1) is 0 Å². The second kappa shape index (κ2) is 14.2. The topological polar surface area (TPSA) is 110 Å². The van der Waals surface area contributed by atoms with Crippen LogP contribution in [-0.2, 0) is 19.7 Å². The van der Waals surface area contributed by atoms with Gasteiger partial charge in [0.25, 0.3) is 0 Å². The van der Waals surface area contributed by atoms with E-state index >= 15 is 0 Å². The van der Waals surface area contributed by atoms with Crippen LogP contribution in [0.3, 0.4) is 0 Å². The summed E-state index contributed by atoms with van der Waals surface area (Å²) in [4.78, 5) is 24.9. The van der Waals surface area contributed by atoms with Gasteiger partial charge >= 0.3 is 272 Å². The number of hydrogen-bond acceptors (Lipinski definition) is 7. The van der Waals surface area contributed by atoms with Crippen LogP contribution in [0, 0.1) is 5.92 Å². The first-order chi connectivity index (χ1) is 21.5. The van der Waals surface area contributed by atoms with Crippen LogP contribution in [0.2, 0.25) is 0 Å². The number of benzene rings is 4. The van der Waals surface area contributed by atoms with E-state index in [1.54, 1.807) is 42.5 Å². The molecule has 1 aliphatic rings. The zero-order chi connectivity index (χ0) is 32.0. The number of carbonyl (C=O) groups excluding carboxylic acids is 2. The van der Waals surface area contributed by atoms with Crippen LogP contribution < -0.4 is 16.7 Å². The molecule has 4 aromatic carbocycles. The molecule has 7 nitrogen and oxygen atoms in total. The summed E-state index contributed by atoms with van der Waals surface area (Å²) in [6.45, 7) is 0.00779. The third kappa shape index (κ3) is 7.97. The molecular formula is C34H29F2O7STe-. The van der Waals surface area contributed by atoms with E-state index in [4.69, 9.17) is 9.47 Å². The SMILES string of the molecule is O=C(COc1ccc([Te]c2ccc(OC(=O)C(F)(F)S(=O)(=O)[O-])c(-c3ccccc3)c2)cc1-c1ccccc1)C1CCCCC1. The monoisotopic (exact) mass is 749 g/mol. The number of ketones is 1. The third-order valence-electron chi connectivity index (χ3n) is 7.49. The molecule has 5 rings (SSSR count). The summed E-state index contributed by atoms with van der Waals surface area (Å²) in [7, 11) is -6.27. The van der Waals surface area contributed by atoms with Crippen molar-refractivity contribution in [1.82, 2.24) is 0 Å². The van der Waals surface area contributed by atoms with Crippen molar-refractivity contribution < 1.29 is 40.8 Å². The van der Waals surface area contributed by atoms with Crippen molar-refractivity contribution in [3.05, 3.63) is 97.1 Å². The summed E-state index contributed by atoms with van der Waals surface area (Å²) >= 11 is -1.10. The summed E-state index contributed by atoms with van der Waals surface area (Å²) in [5.74, 6) is -2.01. The van der Waals surface area contributed by atoms with Crippen molar-refractivity contribution in [2.75, 3.05) is 6.61 Å². The van der Waals surface area contributed by atoms with Crippen LogP contribution in [0.4, 0.5) is 8.78 Å². The van der Waals surface area contributed by atoms with Crippen LogP contribution >= 0.6 is 0 Å². The second-order valence-corrected chi connectivity index (χ2v) is 15.3. The van der Waals surface area contributed by atoms with Gasteiger partial charge in [0.1, 0.15) is 0 Å². The Bertz CT molecular complexity index is 1780. The normalized spacial score (nSPS) is 14.1. The van der Waals surface area contributed by atoms with Crippen molar-refractivity contribution in [2.24, 2.45) is 5.92 Å². The number of Topliss-reactive ketones (excluding diaryl/α,β-unsaturated/α-hetero) is 1. The van der Waals surface area contributed by atoms with E-state index in [0.717, 1.165) is 50.5 Å². The molecule has 1 aliphatic carbocycles. The predicted molar refractivity (Wildman–Crippen MR) is 166 cm³/mol. The molecule has 0 heterocycles. The molecule has 11 heteroatoms. The van der Waals surface area contributed by atoms with Gasteiger partial charge in [-0.2, -0.15) is 0 Å². The van der Waals surface area contributed by atoms with Gasteiger partial charge in [-0.15, -0.1) is 0 Å². The molecule has 0 unspecified atom stereocenters. The molecule has 0 aromatic heterocycles. The van der Waals surface area contributed by atoms with Crippen molar-refractivity contribution in [3.8, 4) is 33.8 Å². The predicted octanol–water partition coefficient (Wildman–Crippen LogP) is 5.25. The van der Waals surface area contributed by atoms with Gasteiger partial charge in [0, 0.05) is 0 Å². The first-order valence-electron chi connectivity index (χ1n) is 14.3. The van der Waals surface area contributed by atoms with Crippen molar-refractivity contribution in [3.63, 3.8) is 0 Å². The van der Waals surface area contributed by atoms with E-state index in [-0.39, 0.29) is 29.6 Å². The fourth-order valence-corrected chi connectivity index (χ4v) is 7.94. The fourth-order valence-electron chi connectivity index (χ4n) is 5.14. The van der Waals surface area contributed by atoms with Gasteiger partial charge in [-0.05, 0) is 0 Å². The molecule has 1 fully saturated rings. The molecule has 0 atom stereocenters.